The van der Waals surface area contributed by atoms with Crippen molar-refractivity contribution in [1.82, 2.24) is 5.32 Å². The van der Waals surface area contributed by atoms with E-state index in [-0.39, 0.29) is 17.4 Å². The summed E-state index contributed by atoms with van der Waals surface area (Å²) in [6, 6.07) is 8.36. The molecule has 1 amide bonds. The molecule has 1 unspecified atom stereocenters. The Morgan fingerprint density at radius 3 is 2.00 bits per heavy atom. The molecule has 146 valence electrons. The van der Waals surface area contributed by atoms with E-state index < -0.39 is 6.10 Å². The number of benzene rings is 1. The first-order valence-electron chi connectivity index (χ1n) is 10.0. The van der Waals surface area contributed by atoms with Crippen LogP contribution in [0.25, 0.3) is 0 Å². The van der Waals surface area contributed by atoms with Crippen LogP contribution in [-0.4, -0.2) is 18.1 Å². The Bertz CT molecular complexity index is 584. The van der Waals surface area contributed by atoms with Gasteiger partial charge in [0.15, 0.2) is 6.10 Å². The molecule has 1 aromatic carbocycles. The van der Waals surface area contributed by atoms with E-state index in [0.29, 0.717) is 5.41 Å². The van der Waals surface area contributed by atoms with Crippen molar-refractivity contribution in [3.8, 4) is 5.75 Å². The zero-order chi connectivity index (χ0) is 19.5. The van der Waals surface area contributed by atoms with Gasteiger partial charge in [0.05, 0.1) is 0 Å². The molecule has 0 spiro atoms. The molecule has 0 aliphatic heterocycles. The molecule has 1 aromatic rings. The van der Waals surface area contributed by atoms with E-state index in [1.54, 1.807) is 0 Å². The highest BCUT2D eigenvalue weighted by Gasteiger charge is 2.30. The van der Waals surface area contributed by atoms with Gasteiger partial charge in [-0.15, -0.1) is 0 Å². The lowest BCUT2D eigenvalue weighted by Crippen LogP contribution is -2.44. The topological polar surface area (TPSA) is 38.3 Å². The Hall–Kier alpha value is -1.51. The summed E-state index contributed by atoms with van der Waals surface area (Å²) in [5, 5.41) is 3.18. The largest absolute Gasteiger partial charge is 0.481 e. The number of hydrogen-bond donors (Lipinski definition) is 1. The Labute approximate surface area is 159 Å². The van der Waals surface area contributed by atoms with Crippen molar-refractivity contribution in [2.24, 2.45) is 11.3 Å². The Kier molecular flexibility index (Phi) is 6.42. The first-order chi connectivity index (χ1) is 12.0. The molecule has 1 N–H and O–H groups in total. The van der Waals surface area contributed by atoms with E-state index >= 15 is 0 Å². The van der Waals surface area contributed by atoms with Crippen molar-refractivity contribution in [3.63, 3.8) is 0 Å². The van der Waals surface area contributed by atoms with Gasteiger partial charge in [0, 0.05) is 6.04 Å². The number of hydrogen-bond acceptors (Lipinski definition) is 2. The average Bonchev–Trinajstić information content (AvgIpc) is 2.54. The lowest BCUT2D eigenvalue weighted by Gasteiger charge is -2.37. The van der Waals surface area contributed by atoms with Crippen molar-refractivity contribution >= 4 is 5.91 Å². The fraction of sp³-hybridized carbons (Fsp3) is 0.696. The van der Waals surface area contributed by atoms with Gasteiger partial charge in [0.2, 0.25) is 0 Å². The molecule has 0 bridgehead atoms. The van der Waals surface area contributed by atoms with Crippen LogP contribution in [0.3, 0.4) is 0 Å². The smallest absolute Gasteiger partial charge is 0.260 e. The van der Waals surface area contributed by atoms with Gasteiger partial charge < -0.3 is 10.1 Å². The average molecular weight is 360 g/mol. The summed E-state index contributed by atoms with van der Waals surface area (Å²) in [7, 11) is 0. The molecular formula is C23H37NO2. The number of carbonyl (C=O) groups is 1. The highest BCUT2D eigenvalue weighted by Crippen LogP contribution is 2.37. The lowest BCUT2D eigenvalue weighted by molar-refractivity contribution is -0.128. The van der Waals surface area contributed by atoms with Crippen LogP contribution in [0, 0.1) is 11.3 Å². The number of carbonyl (C=O) groups excluding carboxylic acids is 1. The van der Waals surface area contributed by atoms with Crippen molar-refractivity contribution in [1.29, 1.82) is 0 Å². The fourth-order valence-electron chi connectivity index (χ4n) is 3.71. The van der Waals surface area contributed by atoms with Gasteiger partial charge in [-0.25, -0.2) is 0 Å². The van der Waals surface area contributed by atoms with Crippen LogP contribution in [0.5, 0.6) is 5.75 Å². The molecule has 1 aliphatic rings. The zero-order valence-corrected chi connectivity index (χ0v) is 17.7. The van der Waals surface area contributed by atoms with Crippen LogP contribution < -0.4 is 10.1 Å². The van der Waals surface area contributed by atoms with Crippen LogP contribution in [0.2, 0.25) is 0 Å². The maximum Gasteiger partial charge on any atom is 0.260 e. The van der Waals surface area contributed by atoms with Gasteiger partial charge in [0.1, 0.15) is 5.75 Å². The SMILES string of the molecule is CC(Oc1ccc(C(C)(C)C)cc1)C(=O)NC1CCC(C(C)(C)C)CC1. The summed E-state index contributed by atoms with van der Waals surface area (Å²) in [4.78, 5) is 12.5. The van der Waals surface area contributed by atoms with Crippen LogP contribution >= 0.6 is 0 Å². The molecule has 1 atom stereocenters. The summed E-state index contributed by atoms with van der Waals surface area (Å²) >= 11 is 0. The predicted molar refractivity (Wildman–Crippen MR) is 109 cm³/mol. The first kappa shape index (κ1) is 20.8. The van der Waals surface area contributed by atoms with E-state index in [1.165, 1.54) is 18.4 Å². The normalized spacial score (nSPS) is 22.6. The second-order valence-corrected chi connectivity index (χ2v) is 9.96. The highest BCUT2D eigenvalue weighted by molar-refractivity contribution is 5.81. The minimum absolute atomic E-state index is 0.0101. The van der Waals surface area contributed by atoms with Gasteiger partial charge in [0.25, 0.3) is 5.91 Å². The van der Waals surface area contributed by atoms with Crippen LogP contribution in [0.1, 0.15) is 79.7 Å². The summed E-state index contributed by atoms with van der Waals surface area (Å²) < 4.78 is 5.85. The minimum Gasteiger partial charge on any atom is -0.481 e. The van der Waals surface area contributed by atoms with Gasteiger partial charge in [-0.3, -0.25) is 4.79 Å². The maximum absolute atomic E-state index is 12.5. The predicted octanol–water partition coefficient (Wildman–Crippen LogP) is 5.47. The number of rotatable bonds is 4. The summed E-state index contributed by atoms with van der Waals surface area (Å²) in [6.45, 7) is 15.3. The Morgan fingerprint density at radius 2 is 1.54 bits per heavy atom. The number of ether oxygens (including phenoxy) is 1. The maximum atomic E-state index is 12.5. The molecule has 26 heavy (non-hydrogen) atoms. The van der Waals surface area contributed by atoms with E-state index in [9.17, 15) is 4.79 Å². The monoisotopic (exact) mass is 359 g/mol. The van der Waals surface area contributed by atoms with E-state index in [1.807, 2.05) is 19.1 Å². The van der Waals surface area contributed by atoms with Gasteiger partial charge in [-0.1, -0.05) is 53.7 Å². The third-order valence-corrected chi connectivity index (χ3v) is 5.70. The molecule has 1 saturated carbocycles. The molecule has 0 saturated heterocycles. The van der Waals surface area contributed by atoms with Crippen LogP contribution in [0.15, 0.2) is 24.3 Å². The molecule has 0 aromatic heterocycles. The van der Waals surface area contributed by atoms with E-state index in [2.05, 4.69) is 59.0 Å². The molecular weight excluding hydrogens is 322 g/mol. The molecule has 3 nitrogen and oxygen atoms in total. The Morgan fingerprint density at radius 1 is 1.00 bits per heavy atom. The summed E-state index contributed by atoms with van der Waals surface area (Å²) in [5.74, 6) is 1.49. The standard InChI is InChI=1S/C23H37NO2/c1-16(26-20-14-10-18(11-15-20)23(5,6)7)21(25)24-19-12-8-17(9-13-19)22(2,3)4/h10-11,14-17,19H,8-9,12-13H2,1-7H3,(H,24,25). The molecule has 1 aliphatic carbocycles. The number of nitrogens with one attached hydrogen (secondary N) is 1. The van der Waals surface area contributed by atoms with Crippen molar-refractivity contribution < 1.29 is 9.53 Å². The third-order valence-electron chi connectivity index (χ3n) is 5.70. The van der Waals surface area contributed by atoms with Crippen molar-refractivity contribution in [2.75, 3.05) is 0 Å². The molecule has 2 rings (SSSR count). The molecule has 0 heterocycles. The van der Waals surface area contributed by atoms with Crippen LogP contribution in [0.4, 0.5) is 0 Å². The molecule has 1 fully saturated rings. The Balaban J connectivity index is 1.83. The van der Waals surface area contributed by atoms with Crippen LogP contribution in [-0.2, 0) is 10.2 Å². The van der Waals surface area contributed by atoms with Gasteiger partial charge in [-0.05, 0) is 67.1 Å². The second kappa shape index (κ2) is 8.02. The molecule has 3 heteroatoms. The van der Waals surface area contributed by atoms with Crippen molar-refractivity contribution in [2.45, 2.75) is 91.7 Å². The van der Waals surface area contributed by atoms with E-state index in [0.717, 1.165) is 24.5 Å². The summed E-state index contributed by atoms with van der Waals surface area (Å²) in [6.07, 6.45) is 4.05. The molecule has 0 radical (unpaired) electrons. The minimum atomic E-state index is -0.476. The zero-order valence-electron chi connectivity index (χ0n) is 17.7. The highest BCUT2D eigenvalue weighted by atomic mass is 16.5. The second-order valence-electron chi connectivity index (χ2n) is 9.96. The summed E-state index contributed by atoms with van der Waals surface area (Å²) in [5.41, 5.74) is 1.75. The van der Waals surface area contributed by atoms with Crippen molar-refractivity contribution in [3.05, 3.63) is 29.8 Å². The number of amides is 1. The first-order valence-corrected chi connectivity index (χ1v) is 10.0. The third kappa shape index (κ3) is 5.75. The lowest BCUT2D eigenvalue weighted by atomic mass is 9.71. The fourth-order valence-corrected chi connectivity index (χ4v) is 3.71. The van der Waals surface area contributed by atoms with Gasteiger partial charge in [-0.2, -0.15) is 0 Å². The van der Waals surface area contributed by atoms with E-state index in [4.69, 9.17) is 4.74 Å². The quantitative estimate of drug-likeness (QED) is 0.774. The van der Waals surface area contributed by atoms with Gasteiger partial charge >= 0.3 is 0 Å².